The molecule has 0 bridgehead atoms. The number of hydrogen-bond acceptors (Lipinski definition) is 2. The number of fused-ring (bicyclic) bond motifs is 2. The Morgan fingerprint density at radius 3 is 1.16 bits per heavy atom. The summed E-state index contributed by atoms with van der Waals surface area (Å²) in [6.45, 7) is 21.5. The Morgan fingerprint density at radius 2 is 0.875 bits per heavy atom. The van der Waals surface area contributed by atoms with Gasteiger partial charge in [0, 0.05) is 0 Å². The van der Waals surface area contributed by atoms with Crippen LogP contribution in [-0.2, 0) is 30.8 Å². The molecule has 0 spiro atoms. The molecule has 0 atom stereocenters. The van der Waals surface area contributed by atoms with Crippen molar-refractivity contribution >= 4 is 44.0 Å². The molecular formula is C50H52Cl2O2SiZr-2. The Labute approximate surface area is 348 Å². The zero-order chi connectivity index (χ0) is 40.3. The second-order valence-electron chi connectivity index (χ2n) is 15.2. The van der Waals surface area contributed by atoms with E-state index in [0.717, 1.165) is 47.0 Å². The summed E-state index contributed by atoms with van der Waals surface area (Å²) in [6.07, 6.45) is 2.05. The molecule has 0 aliphatic heterocycles. The predicted molar refractivity (Wildman–Crippen MR) is 242 cm³/mol. The number of halogens is 2. The van der Waals surface area contributed by atoms with Crippen molar-refractivity contribution < 1.29 is 26.8 Å². The topological polar surface area (TPSA) is 26.3 Å². The maximum atomic E-state index is 5.84. The zero-order valence-corrected chi connectivity index (χ0v) is 39.3. The minimum atomic E-state index is -1.65. The van der Waals surface area contributed by atoms with Crippen LogP contribution < -0.4 is 0 Å². The molecule has 8 aromatic rings. The molecule has 0 amide bonds. The van der Waals surface area contributed by atoms with Crippen LogP contribution in [0.15, 0.2) is 118 Å². The molecule has 56 heavy (non-hydrogen) atoms. The number of hydrogen-bond donors (Lipinski definition) is 0. The SMILES string of the molecule is CCc1ccc2[cH-]c(-c3ccc(C)o3)cc2c1-c1cc(C)cc(C)c1.CCc1ccc2[cH-]c(-c3ccc(C)o3)cc2c1-c1cc(C)cc(C)c1.C[Si](C)=[Zr]([Cl])[Cl]. The third-order valence-corrected chi connectivity index (χ3v) is 29.9. The summed E-state index contributed by atoms with van der Waals surface area (Å²) < 4.78 is 11.7. The van der Waals surface area contributed by atoms with Gasteiger partial charge in [-0.2, -0.15) is 0 Å². The van der Waals surface area contributed by atoms with E-state index in [-0.39, 0.29) is 5.43 Å². The number of rotatable bonds is 6. The van der Waals surface area contributed by atoms with E-state index >= 15 is 0 Å². The van der Waals surface area contributed by atoms with Crippen LogP contribution in [-0.4, -0.2) is 5.43 Å². The van der Waals surface area contributed by atoms with Gasteiger partial charge in [-0.1, -0.05) is 107 Å². The van der Waals surface area contributed by atoms with Gasteiger partial charge >= 0.3 is 53.5 Å². The molecule has 0 radical (unpaired) electrons. The fourth-order valence-corrected chi connectivity index (χ4v) is 7.63. The fourth-order valence-electron chi connectivity index (χ4n) is 7.63. The molecule has 0 aliphatic carbocycles. The molecule has 2 aromatic heterocycles. The van der Waals surface area contributed by atoms with Crippen molar-refractivity contribution in [2.75, 3.05) is 0 Å². The standard InChI is InChI=1S/2C24H23O.C2H6Si.2ClH.Zr/c2*1-5-18-7-8-19-13-20(23-9-6-17(4)25-23)14-22(19)24(18)21-11-15(2)10-16(3)12-21;1-3-2;;;/h2*6-14H,5H2,1-4H3;1-2H3;2*1H;/q2*-1;;;;+2/p-2. The van der Waals surface area contributed by atoms with Crippen LogP contribution in [0.4, 0.5) is 0 Å². The minimum absolute atomic E-state index is 0.224. The summed E-state index contributed by atoms with van der Waals surface area (Å²) in [7, 11) is 11.2. The van der Waals surface area contributed by atoms with Gasteiger partial charge in [0.15, 0.2) is 0 Å². The molecule has 0 unspecified atom stereocenters. The molecule has 0 fully saturated rings. The summed E-state index contributed by atoms with van der Waals surface area (Å²) in [5, 5.41) is 5.17. The molecule has 6 aromatic carbocycles. The van der Waals surface area contributed by atoms with Crippen LogP contribution >= 0.6 is 17.0 Å². The van der Waals surface area contributed by atoms with Crippen molar-refractivity contribution in [2.45, 2.75) is 81.3 Å². The van der Waals surface area contributed by atoms with Crippen molar-refractivity contribution in [3.63, 3.8) is 0 Å². The molecule has 0 N–H and O–H groups in total. The molecule has 0 aliphatic rings. The third-order valence-electron chi connectivity index (χ3n) is 10.2. The van der Waals surface area contributed by atoms with Gasteiger partial charge in [0.2, 0.25) is 0 Å². The van der Waals surface area contributed by atoms with Gasteiger partial charge in [-0.05, 0) is 101 Å². The summed E-state index contributed by atoms with van der Waals surface area (Å²) >= 11 is -1.65. The molecule has 8 rings (SSSR count). The first-order chi connectivity index (χ1) is 26.7. The molecule has 0 saturated heterocycles. The van der Waals surface area contributed by atoms with Crippen molar-refractivity contribution in [1.29, 1.82) is 0 Å². The van der Waals surface area contributed by atoms with Crippen LogP contribution in [0, 0.1) is 41.5 Å². The Balaban J connectivity index is 0.000000166. The molecular weight excluding hydrogens is 823 g/mol. The average molecular weight is 875 g/mol. The molecule has 2 nitrogen and oxygen atoms in total. The summed E-state index contributed by atoms with van der Waals surface area (Å²) in [5.41, 5.74) is 15.5. The summed E-state index contributed by atoms with van der Waals surface area (Å²) in [5.74, 6) is 3.78. The fraction of sp³-hybridized carbons (Fsp3) is 0.240. The van der Waals surface area contributed by atoms with Gasteiger partial charge in [-0.15, -0.1) is 57.9 Å². The number of furan rings is 2. The van der Waals surface area contributed by atoms with Gasteiger partial charge < -0.3 is 8.83 Å². The first-order valence-corrected chi connectivity index (χ1v) is 32.0. The average Bonchev–Trinajstić information content (AvgIpc) is 3.96. The van der Waals surface area contributed by atoms with Crippen molar-refractivity contribution in [3.05, 3.63) is 154 Å². The Hall–Kier alpha value is -3.66. The van der Waals surface area contributed by atoms with E-state index in [4.69, 9.17) is 25.9 Å². The molecule has 0 saturated carbocycles. The number of benzene rings is 4. The van der Waals surface area contributed by atoms with E-state index in [9.17, 15) is 0 Å². The Kier molecular flexibility index (Phi) is 13.7. The van der Waals surface area contributed by atoms with E-state index in [1.165, 1.54) is 77.2 Å². The normalized spacial score (nSPS) is 11.0. The van der Waals surface area contributed by atoms with Crippen LogP contribution in [0.2, 0.25) is 13.1 Å². The zero-order valence-electron chi connectivity index (χ0n) is 34.4. The predicted octanol–water partition coefficient (Wildman–Crippen LogP) is 16.1. The van der Waals surface area contributed by atoms with E-state index in [0.29, 0.717) is 0 Å². The Bertz CT molecular complexity index is 2450. The van der Waals surface area contributed by atoms with Gasteiger partial charge in [0.05, 0.1) is 23.0 Å². The third kappa shape index (κ3) is 9.71. The van der Waals surface area contributed by atoms with Crippen molar-refractivity contribution in [3.8, 4) is 44.9 Å². The van der Waals surface area contributed by atoms with Gasteiger partial charge in [-0.3, -0.25) is 0 Å². The first-order valence-electron chi connectivity index (χ1n) is 19.5. The van der Waals surface area contributed by atoms with Gasteiger partial charge in [0.25, 0.3) is 0 Å². The quantitative estimate of drug-likeness (QED) is 0.123. The van der Waals surface area contributed by atoms with Gasteiger partial charge in [-0.25, -0.2) is 0 Å². The van der Waals surface area contributed by atoms with E-state index < -0.39 is 18.0 Å². The van der Waals surface area contributed by atoms with Crippen LogP contribution in [0.5, 0.6) is 0 Å². The number of aryl methyl sites for hydroxylation is 8. The van der Waals surface area contributed by atoms with Crippen LogP contribution in [0.1, 0.15) is 58.7 Å². The second kappa shape index (κ2) is 18.3. The molecule has 288 valence electrons. The van der Waals surface area contributed by atoms with Crippen molar-refractivity contribution in [1.82, 2.24) is 0 Å². The molecule has 6 heteroatoms. The molecule has 2 heterocycles. The van der Waals surface area contributed by atoms with Crippen LogP contribution in [0.25, 0.3) is 66.4 Å². The maximum absolute atomic E-state index is 5.84. The van der Waals surface area contributed by atoms with E-state index in [1.54, 1.807) is 0 Å². The summed E-state index contributed by atoms with van der Waals surface area (Å²) in [6, 6.07) is 39.8. The van der Waals surface area contributed by atoms with Crippen molar-refractivity contribution in [2.24, 2.45) is 0 Å². The summed E-state index contributed by atoms with van der Waals surface area (Å²) in [4.78, 5) is 0. The second-order valence-corrected chi connectivity index (χ2v) is 38.2. The van der Waals surface area contributed by atoms with Gasteiger partial charge in [0.1, 0.15) is 0 Å². The Morgan fingerprint density at radius 1 is 0.518 bits per heavy atom. The van der Waals surface area contributed by atoms with E-state index in [1.807, 2.05) is 26.0 Å². The monoisotopic (exact) mass is 872 g/mol. The first kappa shape index (κ1) is 42.0. The van der Waals surface area contributed by atoms with E-state index in [2.05, 4.69) is 152 Å². The van der Waals surface area contributed by atoms with Crippen LogP contribution in [0.3, 0.4) is 0 Å².